The van der Waals surface area contributed by atoms with E-state index in [1.165, 1.54) is 25.1 Å². The lowest BCUT2D eigenvalue weighted by atomic mass is 9.89. The van der Waals surface area contributed by atoms with Crippen molar-refractivity contribution in [3.05, 3.63) is 70.2 Å². The minimum absolute atomic E-state index is 0.0491. The highest BCUT2D eigenvalue weighted by molar-refractivity contribution is 7.80. The number of hydrogen-bond donors (Lipinski definition) is 2. The normalized spacial score (nSPS) is 22.3. The lowest BCUT2D eigenvalue weighted by Crippen LogP contribution is -2.48. The molecule has 2 N–H and O–H groups in total. The third-order valence-electron chi connectivity index (χ3n) is 5.74. The number of halogens is 4. The molecule has 12 heteroatoms. The summed E-state index contributed by atoms with van der Waals surface area (Å²) in [6.45, 7) is 1.19. The zero-order chi connectivity index (χ0) is 25.3. The molecule has 35 heavy (non-hydrogen) atoms. The van der Waals surface area contributed by atoms with Gasteiger partial charge in [0.15, 0.2) is 0 Å². The average molecular weight is 508 g/mol. The maximum Gasteiger partial charge on any atom is 0.411 e. The molecule has 2 aliphatic rings. The van der Waals surface area contributed by atoms with Gasteiger partial charge in [-0.1, -0.05) is 18.3 Å². The number of alkyl halides is 2. The number of aromatic nitrogens is 1. The number of amides is 1. The number of anilines is 1. The van der Waals surface area contributed by atoms with Crippen LogP contribution in [0.25, 0.3) is 10.9 Å². The second-order valence-electron chi connectivity index (χ2n) is 8.33. The Bertz CT molecular complexity index is 1320. The van der Waals surface area contributed by atoms with Gasteiger partial charge in [-0.05, 0) is 37.3 Å². The summed E-state index contributed by atoms with van der Waals surface area (Å²) in [5.41, 5.74) is -1.95. The van der Waals surface area contributed by atoms with E-state index in [2.05, 4.69) is 27.8 Å². The zero-order valence-corrected chi connectivity index (χ0v) is 19.2. The number of nitrogens with zero attached hydrogens (tertiary/aromatic N) is 2. The number of ether oxygens (including phenoxy) is 1. The maximum absolute atomic E-state index is 15.2. The summed E-state index contributed by atoms with van der Waals surface area (Å²) in [5.74, 6) is -1.91. The molecular weight excluding hydrogens is 488 g/mol. The Hall–Kier alpha value is -3.54. The molecule has 0 spiro atoms. The summed E-state index contributed by atoms with van der Waals surface area (Å²) in [6.07, 6.45) is -2.31. The number of carbonyl (C=O) groups is 1. The van der Waals surface area contributed by atoms with Crippen LogP contribution < -0.4 is 16.1 Å². The summed E-state index contributed by atoms with van der Waals surface area (Å²) in [4.78, 5) is 29.5. The van der Waals surface area contributed by atoms with Crippen molar-refractivity contribution in [3.63, 3.8) is 0 Å². The Morgan fingerprint density at radius 2 is 2.09 bits per heavy atom. The van der Waals surface area contributed by atoms with Gasteiger partial charge in [0.2, 0.25) is 5.43 Å². The number of nitrogens with one attached hydrogen (secondary N) is 2. The molecule has 0 radical (unpaired) electrons. The number of hydrogen-bond acceptors (Lipinski definition) is 6. The van der Waals surface area contributed by atoms with Gasteiger partial charge in [-0.15, -0.1) is 0 Å². The predicted octanol–water partition coefficient (Wildman–Crippen LogP) is 4.21. The fraction of sp³-hybridized carbons (Fsp3) is 0.304. The summed E-state index contributed by atoms with van der Waals surface area (Å²) in [5, 5.41) is 5.45. The highest BCUT2D eigenvalue weighted by atomic mass is 32.1. The lowest BCUT2D eigenvalue weighted by Gasteiger charge is -2.37. The summed E-state index contributed by atoms with van der Waals surface area (Å²) >= 11 is 4.49. The smallest absolute Gasteiger partial charge is 0.411 e. The van der Waals surface area contributed by atoms with Gasteiger partial charge in [-0.2, -0.15) is 0 Å². The molecule has 1 unspecified atom stereocenters. The Labute approximate surface area is 202 Å². The van der Waals surface area contributed by atoms with Gasteiger partial charge in [0.05, 0.1) is 29.8 Å². The molecule has 0 bridgehead atoms. The predicted molar refractivity (Wildman–Crippen MR) is 126 cm³/mol. The molecule has 1 aromatic heterocycles. The molecule has 2 heterocycles. The number of allylic oxidation sites excluding steroid dienone is 1. The minimum Gasteiger partial charge on any atom is -0.442 e. The van der Waals surface area contributed by atoms with Gasteiger partial charge in [-0.3, -0.25) is 14.7 Å². The molecule has 184 valence electrons. The molecule has 1 aliphatic carbocycles. The second kappa shape index (κ2) is 9.61. The van der Waals surface area contributed by atoms with Gasteiger partial charge in [0, 0.05) is 18.0 Å². The molecular formula is C23H20F4N4O3S. The van der Waals surface area contributed by atoms with E-state index in [1.54, 1.807) is 18.3 Å². The monoisotopic (exact) mass is 508 g/mol. The third kappa shape index (κ3) is 5.11. The first kappa shape index (κ1) is 24.6. The first-order chi connectivity index (χ1) is 16.6. The molecule has 0 saturated carbocycles. The van der Waals surface area contributed by atoms with Crippen LogP contribution >= 0.6 is 12.2 Å². The van der Waals surface area contributed by atoms with E-state index in [0.717, 1.165) is 11.0 Å². The zero-order valence-electron chi connectivity index (χ0n) is 18.4. The Morgan fingerprint density at radius 3 is 2.80 bits per heavy atom. The van der Waals surface area contributed by atoms with Crippen LogP contribution in [0.1, 0.15) is 13.3 Å². The van der Waals surface area contributed by atoms with Crippen molar-refractivity contribution in [2.45, 2.75) is 31.4 Å². The highest BCUT2D eigenvalue weighted by Crippen LogP contribution is 2.39. The van der Waals surface area contributed by atoms with Crippen molar-refractivity contribution in [2.24, 2.45) is 0 Å². The van der Waals surface area contributed by atoms with Crippen LogP contribution in [0.3, 0.4) is 0 Å². The number of carbonyl (C=O) groups excluding carboxylic acids is 1. The lowest BCUT2D eigenvalue weighted by molar-refractivity contribution is 0.120. The van der Waals surface area contributed by atoms with Gasteiger partial charge < -0.3 is 15.4 Å². The van der Waals surface area contributed by atoms with Crippen molar-refractivity contribution in [1.82, 2.24) is 15.2 Å². The Kier molecular flexibility index (Phi) is 6.75. The molecule has 1 saturated heterocycles. The van der Waals surface area contributed by atoms with E-state index >= 15 is 8.78 Å². The van der Waals surface area contributed by atoms with E-state index in [9.17, 15) is 18.4 Å². The molecule has 7 nitrogen and oxygen atoms in total. The van der Waals surface area contributed by atoms with Gasteiger partial charge >= 0.3 is 6.09 Å². The molecule has 2 atom stereocenters. The molecule has 4 rings (SSSR count). The van der Waals surface area contributed by atoms with Crippen LogP contribution in [0.5, 0.6) is 0 Å². The van der Waals surface area contributed by atoms with E-state index in [0.29, 0.717) is 10.9 Å². The second-order valence-corrected chi connectivity index (χ2v) is 8.77. The Balaban J connectivity index is 1.53. The van der Waals surface area contributed by atoms with Gasteiger partial charge in [0.1, 0.15) is 28.4 Å². The number of pyridine rings is 1. The van der Waals surface area contributed by atoms with Crippen LogP contribution in [-0.4, -0.2) is 52.1 Å². The molecule has 1 aliphatic heterocycles. The van der Waals surface area contributed by atoms with E-state index < -0.39 is 58.4 Å². The summed E-state index contributed by atoms with van der Waals surface area (Å²) < 4.78 is 60.6. The van der Waals surface area contributed by atoms with Crippen LogP contribution in [0.15, 0.2) is 64.8 Å². The van der Waals surface area contributed by atoms with Crippen molar-refractivity contribution in [1.29, 1.82) is 0 Å². The van der Waals surface area contributed by atoms with Crippen LogP contribution in [0.2, 0.25) is 0 Å². The number of rotatable bonds is 6. The summed E-state index contributed by atoms with van der Waals surface area (Å²) in [6, 6.07) is 7.59. The molecule has 1 aromatic carbocycles. The van der Waals surface area contributed by atoms with Crippen molar-refractivity contribution >= 4 is 39.9 Å². The largest absolute Gasteiger partial charge is 0.442 e. The number of fused-ring (bicyclic) bond motifs is 1. The fourth-order valence-electron chi connectivity index (χ4n) is 3.96. The van der Waals surface area contributed by atoms with Gasteiger partial charge in [-0.25, -0.2) is 22.4 Å². The fourth-order valence-corrected chi connectivity index (χ4v) is 4.04. The highest BCUT2D eigenvalue weighted by Gasteiger charge is 2.45. The minimum atomic E-state index is -2.85. The standard InChI is InChI=1S/C23H20F4N4O3S/c1-23(31-11-13(34-22(31)33)10-29-21(35)20(26)27)8-14(24)19(15(25)9-23)30-17-7-12-3-2-6-28-16(12)4-5-18(17)32/h2-8,13,20H,9-11H2,1H3,(H,29,35)(H,30,32)/t13-,23?/m0/s1. The Morgan fingerprint density at radius 1 is 1.31 bits per heavy atom. The van der Waals surface area contributed by atoms with Crippen LogP contribution in [0.4, 0.5) is 28.0 Å². The number of thiocarbonyl (C=S) groups is 1. The van der Waals surface area contributed by atoms with E-state index in [-0.39, 0.29) is 18.8 Å². The third-order valence-corrected chi connectivity index (χ3v) is 6.07. The SMILES string of the molecule is CC1(N2C[C@H](CNC(=S)C(F)F)OC2=O)C=C(F)C(Nc2cc3cccnc3ccc2=O)=C(F)C1. The van der Waals surface area contributed by atoms with E-state index in [4.69, 9.17) is 4.74 Å². The average Bonchev–Trinajstić information content (AvgIpc) is 3.11. The maximum atomic E-state index is 15.2. The quantitative estimate of drug-likeness (QED) is 0.447. The van der Waals surface area contributed by atoms with E-state index in [1.807, 2.05) is 0 Å². The van der Waals surface area contributed by atoms with Crippen molar-refractivity contribution in [2.75, 3.05) is 18.4 Å². The van der Waals surface area contributed by atoms with Crippen molar-refractivity contribution < 1.29 is 27.1 Å². The number of cyclic esters (lactones) is 1. The molecule has 2 aromatic rings. The van der Waals surface area contributed by atoms with Crippen molar-refractivity contribution in [3.8, 4) is 0 Å². The molecule has 1 fully saturated rings. The topological polar surface area (TPSA) is 83.6 Å². The molecule has 1 amide bonds. The van der Waals surface area contributed by atoms with Crippen LogP contribution in [-0.2, 0) is 4.74 Å². The van der Waals surface area contributed by atoms with Gasteiger partial charge in [0.25, 0.3) is 6.43 Å². The van der Waals surface area contributed by atoms with Crippen LogP contribution in [0, 0.1) is 0 Å². The summed E-state index contributed by atoms with van der Waals surface area (Å²) in [7, 11) is 0. The first-order valence-corrected chi connectivity index (χ1v) is 11.0. The first-order valence-electron chi connectivity index (χ1n) is 10.5.